The largest absolute Gasteiger partial charge is 0.435 e. The first-order valence-electron chi connectivity index (χ1n) is 7.12. The van der Waals surface area contributed by atoms with Gasteiger partial charge in [-0.15, -0.1) is 5.10 Å². The molecule has 0 radical (unpaired) electrons. The highest BCUT2D eigenvalue weighted by atomic mass is 19.4. The molecule has 1 heterocycles. The summed E-state index contributed by atoms with van der Waals surface area (Å²) in [5, 5.41) is 8.92. The van der Waals surface area contributed by atoms with Gasteiger partial charge in [0.2, 0.25) is 0 Å². The molecule has 0 unspecified atom stereocenters. The number of para-hydroxylation sites is 1. The molecular weight excluding hydrogens is 330 g/mol. The minimum Gasteiger partial charge on any atom is -0.351 e. The molecule has 0 aliphatic heterocycles. The second kappa shape index (κ2) is 7.39. The number of halogens is 4. The Morgan fingerprint density at radius 1 is 1.25 bits per heavy atom. The molecule has 0 fully saturated rings. The van der Waals surface area contributed by atoms with E-state index >= 15 is 0 Å². The maximum absolute atomic E-state index is 13.8. The third-order valence-electron chi connectivity index (χ3n) is 3.15. The Balaban J connectivity index is 2.37. The van der Waals surface area contributed by atoms with Gasteiger partial charge in [0, 0.05) is 6.54 Å². The van der Waals surface area contributed by atoms with Crippen molar-refractivity contribution in [2.24, 2.45) is 5.73 Å². The van der Waals surface area contributed by atoms with Gasteiger partial charge in [-0.05, 0) is 31.5 Å². The Kier molecular flexibility index (Phi) is 5.50. The molecule has 0 bridgehead atoms. The van der Waals surface area contributed by atoms with Crippen LogP contribution >= 0.6 is 0 Å². The summed E-state index contributed by atoms with van der Waals surface area (Å²) < 4.78 is 54.1. The highest BCUT2D eigenvalue weighted by Gasteiger charge is 2.42. The summed E-state index contributed by atoms with van der Waals surface area (Å²) >= 11 is 0. The van der Waals surface area contributed by atoms with Gasteiger partial charge in [-0.1, -0.05) is 17.3 Å². The third-order valence-corrected chi connectivity index (χ3v) is 3.15. The van der Waals surface area contributed by atoms with Crippen molar-refractivity contribution in [3.63, 3.8) is 0 Å². The minimum absolute atomic E-state index is 0.153. The second-order valence-electron chi connectivity index (χ2n) is 4.90. The highest BCUT2D eigenvalue weighted by Crippen LogP contribution is 2.33. The first kappa shape index (κ1) is 17.9. The van der Waals surface area contributed by atoms with Gasteiger partial charge in [0.05, 0.1) is 0 Å². The maximum Gasteiger partial charge on any atom is 0.435 e. The number of carbonyl (C=O) groups excluding carboxylic acids is 1. The van der Waals surface area contributed by atoms with Crippen LogP contribution in [0.5, 0.6) is 0 Å². The zero-order valence-electron chi connectivity index (χ0n) is 12.5. The van der Waals surface area contributed by atoms with Gasteiger partial charge in [0.25, 0.3) is 5.91 Å². The summed E-state index contributed by atoms with van der Waals surface area (Å²) in [4.78, 5) is 12.0. The predicted octanol–water partition coefficient (Wildman–Crippen LogP) is 1.89. The molecule has 2 aromatic rings. The van der Waals surface area contributed by atoms with E-state index in [0.717, 1.165) is 12.1 Å². The molecule has 0 aliphatic rings. The van der Waals surface area contributed by atoms with Crippen molar-refractivity contribution in [1.82, 2.24) is 20.3 Å². The van der Waals surface area contributed by atoms with E-state index in [-0.39, 0.29) is 11.2 Å². The molecule has 0 saturated heterocycles. The van der Waals surface area contributed by atoms with E-state index in [2.05, 4.69) is 15.6 Å². The van der Waals surface area contributed by atoms with Gasteiger partial charge in [-0.3, -0.25) is 4.79 Å². The Labute approximate surface area is 134 Å². The number of amides is 1. The number of carbonyl (C=O) groups is 1. The summed E-state index contributed by atoms with van der Waals surface area (Å²) in [5.41, 5.74) is 2.52. The van der Waals surface area contributed by atoms with Crippen LogP contribution in [0.2, 0.25) is 0 Å². The number of nitrogens with zero attached hydrogens (tertiary/aromatic N) is 3. The van der Waals surface area contributed by atoms with Gasteiger partial charge in [-0.25, -0.2) is 9.07 Å². The molecule has 6 nitrogen and oxygen atoms in total. The number of unbranched alkanes of at least 4 members (excludes halogenated alkanes) is 1. The normalized spacial score (nSPS) is 11.5. The van der Waals surface area contributed by atoms with Crippen LogP contribution in [0, 0.1) is 5.82 Å². The first-order valence-corrected chi connectivity index (χ1v) is 7.12. The van der Waals surface area contributed by atoms with Gasteiger partial charge in [0.1, 0.15) is 11.5 Å². The van der Waals surface area contributed by atoms with Crippen molar-refractivity contribution in [3.05, 3.63) is 41.5 Å². The lowest BCUT2D eigenvalue weighted by Crippen LogP contribution is -2.28. The van der Waals surface area contributed by atoms with Crippen molar-refractivity contribution in [1.29, 1.82) is 0 Å². The summed E-state index contributed by atoms with van der Waals surface area (Å²) in [6.45, 7) is 0.563. The molecule has 0 spiro atoms. The average molecular weight is 345 g/mol. The smallest absolute Gasteiger partial charge is 0.351 e. The lowest BCUT2D eigenvalue weighted by Gasteiger charge is -2.11. The Morgan fingerprint density at radius 3 is 2.58 bits per heavy atom. The van der Waals surface area contributed by atoms with Crippen LogP contribution in [-0.4, -0.2) is 34.0 Å². The molecule has 130 valence electrons. The minimum atomic E-state index is -4.93. The number of aromatic nitrogens is 3. The van der Waals surface area contributed by atoms with Crippen LogP contribution in [0.15, 0.2) is 24.3 Å². The first-order chi connectivity index (χ1) is 11.4. The van der Waals surface area contributed by atoms with Gasteiger partial charge < -0.3 is 11.1 Å². The summed E-state index contributed by atoms with van der Waals surface area (Å²) in [7, 11) is 0. The molecule has 1 aromatic heterocycles. The van der Waals surface area contributed by atoms with Crippen molar-refractivity contribution in [3.8, 4) is 5.69 Å². The number of hydrogen-bond donors (Lipinski definition) is 2. The number of hydrogen-bond acceptors (Lipinski definition) is 4. The van der Waals surface area contributed by atoms with E-state index in [4.69, 9.17) is 5.73 Å². The molecule has 10 heteroatoms. The Morgan fingerprint density at radius 2 is 1.96 bits per heavy atom. The van der Waals surface area contributed by atoms with Crippen molar-refractivity contribution in [2.75, 3.05) is 13.1 Å². The SMILES string of the molecule is NCCCCNC(=O)c1nnn(-c2ccccc2F)c1C(F)(F)F. The number of alkyl halides is 3. The fourth-order valence-corrected chi connectivity index (χ4v) is 2.04. The van der Waals surface area contributed by atoms with E-state index in [1.54, 1.807) is 0 Å². The van der Waals surface area contributed by atoms with Crippen LogP contribution in [0.3, 0.4) is 0 Å². The lowest BCUT2D eigenvalue weighted by atomic mass is 10.2. The van der Waals surface area contributed by atoms with Crippen molar-refractivity contribution >= 4 is 5.91 Å². The monoisotopic (exact) mass is 345 g/mol. The Hall–Kier alpha value is -2.49. The average Bonchev–Trinajstić information content (AvgIpc) is 2.97. The van der Waals surface area contributed by atoms with Crippen LogP contribution in [-0.2, 0) is 6.18 Å². The lowest BCUT2D eigenvalue weighted by molar-refractivity contribution is -0.143. The van der Waals surface area contributed by atoms with E-state index in [1.807, 2.05) is 0 Å². The van der Waals surface area contributed by atoms with E-state index in [9.17, 15) is 22.4 Å². The summed E-state index contributed by atoms with van der Waals surface area (Å²) in [5.74, 6) is -1.94. The number of nitrogens with two attached hydrogens (primary N) is 1. The number of nitrogens with one attached hydrogen (secondary N) is 1. The zero-order valence-corrected chi connectivity index (χ0v) is 12.5. The fourth-order valence-electron chi connectivity index (χ4n) is 2.04. The maximum atomic E-state index is 13.8. The second-order valence-corrected chi connectivity index (χ2v) is 4.90. The van der Waals surface area contributed by atoms with Gasteiger partial charge >= 0.3 is 6.18 Å². The third kappa shape index (κ3) is 3.88. The van der Waals surface area contributed by atoms with Gasteiger partial charge in [-0.2, -0.15) is 13.2 Å². The standard InChI is InChI=1S/C14H15F4N5O/c15-9-5-1-2-6-10(9)23-12(14(16,17)18)11(21-22-23)13(24)20-8-4-3-7-19/h1-2,5-6H,3-4,7-8,19H2,(H,20,24). The predicted molar refractivity (Wildman–Crippen MR) is 76.9 cm³/mol. The molecule has 1 aromatic carbocycles. The number of benzene rings is 1. The van der Waals surface area contributed by atoms with Gasteiger partial charge in [0.15, 0.2) is 11.4 Å². The van der Waals surface area contributed by atoms with Crippen LogP contribution in [0.1, 0.15) is 29.0 Å². The molecule has 1 amide bonds. The van der Waals surface area contributed by atoms with Crippen molar-refractivity contribution in [2.45, 2.75) is 19.0 Å². The fraction of sp³-hybridized carbons (Fsp3) is 0.357. The summed E-state index contributed by atoms with van der Waals surface area (Å²) in [6.07, 6.45) is -3.80. The molecule has 0 atom stereocenters. The van der Waals surface area contributed by atoms with Crippen LogP contribution in [0.25, 0.3) is 5.69 Å². The molecular formula is C14H15F4N5O. The molecule has 3 N–H and O–H groups in total. The Bertz CT molecular complexity index is 713. The quantitative estimate of drug-likeness (QED) is 0.618. The molecule has 0 aliphatic carbocycles. The topological polar surface area (TPSA) is 85.8 Å². The van der Waals surface area contributed by atoms with Crippen LogP contribution in [0.4, 0.5) is 17.6 Å². The highest BCUT2D eigenvalue weighted by molar-refractivity contribution is 5.93. The van der Waals surface area contributed by atoms with Crippen molar-refractivity contribution < 1.29 is 22.4 Å². The summed E-state index contributed by atoms with van der Waals surface area (Å²) in [6, 6.07) is 4.78. The molecule has 0 saturated carbocycles. The number of rotatable bonds is 6. The van der Waals surface area contributed by atoms with E-state index in [0.29, 0.717) is 19.4 Å². The van der Waals surface area contributed by atoms with E-state index in [1.165, 1.54) is 12.1 Å². The van der Waals surface area contributed by atoms with Crippen LogP contribution < -0.4 is 11.1 Å². The zero-order chi connectivity index (χ0) is 17.7. The van der Waals surface area contributed by atoms with E-state index < -0.39 is 35.0 Å². The molecule has 24 heavy (non-hydrogen) atoms. The molecule has 2 rings (SSSR count).